The van der Waals surface area contributed by atoms with Gasteiger partial charge in [-0.3, -0.25) is 19.6 Å². The van der Waals surface area contributed by atoms with Crippen molar-refractivity contribution in [1.29, 1.82) is 0 Å². The van der Waals surface area contributed by atoms with E-state index >= 15 is 0 Å². The van der Waals surface area contributed by atoms with Crippen molar-refractivity contribution in [3.63, 3.8) is 0 Å². The fourth-order valence-corrected chi connectivity index (χ4v) is 3.06. The molecule has 7 nitrogen and oxygen atoms in total. The van der Waals surface area contributed by atoms with Gasteiger partial charge in [-0.25, -0.2) is 0 Å². The van der Waals surface area contributed by atoms with E-state index in [0.717, 1.165) is 12.0 Å². The zero-order valence-corrected chi connectivity index (χ0v) is 15.9. The summed E-state index contributed by atoms with van der Waals surface area (Å²) in [5.41, 5.74) is 2.20. The molecule has 0 bridgehead atoms. The van der Waals surface area contributed by atoms with Crippen LogP contribution in [0.25, 0.3) is 0 Å². The van der Waals surface area contributed by atoms with Crippen LogP contribution in [0.4, 0.5) is 5.69 Å². The van der Waals surface area contributed by atoms with Gasteiger partial charge in [0.25, 0.3) is 5.91 Å². The van der Waals surface area contributed by atoms with Crippen molar-refractivity contribution in [3.8, 4) is 0 Å². The third-order valence-electron chi connectivity index (χ3n) is 4.82. The molecule has 0 aliphatic heterocycles. The van der Waals surface area contributed by atoms with Crippen LogP contribution in [0.3, 0.4) is 0 Å². The number of nitrogens with one attached hydrogen (secondary N) is 1. The Morgan fingerprint density at radius 1 is 1.23 bits per heavy atom. The van der Waals surface area contributed by atoms with Crippen molar-refractivity contribution in [3.05, 3.63) is 56.9 Å². The smallest absolute Gasteiger partial charge is 0.322 e. The fourth-order valence-electron chi connectivity index (χ4n) is 3.06. The van der Waals surface area contributed by atoms with Gasteiger partial charge in [0.05, 0.1) is 11.0 Å². The number of nitrogens with zero attached hydrogens (tertiary/aromatic N) is 3. The van der Waals surface area contributed by atoms with Gasteiger partial charge in [-0.2, -0.15) is 5.10 Å². The summed E-state index contributed by atoms with van der Waals surface area (Å²) in [5, 5.41) is 18.2. The van der Waals surface area contributed by atoms with Crippen LogP contribution in [0, 0.1) is 17.0 Å². The molecular formula is C19H26N4O3. The number of amides is 1. The van der Waals surface area contributed by atoms with E-state index in [9.17, 15) is 14.9 Å². The topological polar surface area (TPSA) is 90.1 Å². The maximum absolute atomic E-state index is 12.7. The second-order valence-corrected chi connectivity index (χ2v) is 6.57. The molecule has 1 heterocycles. The second kappa shape index (κ2) is 8.12. The molecule has 0 aliphatic rings. The summed E-state index contributed by atoms with van der Waals surface area (Å²) >= 11 is 0. The molecule has 0 fully saturated rings. The maximum atomic E-state index is 12.7. The van der Waals surface area contributed by atoms with E-state index in [-0.39, 0.29) is 23.1 Å². The van der Waals surface area contributed by atoms with E-state index in [1.54, 1.807) is 0 Å². The van der Waals surface area contributed by atoms with Crippen LogP contribution in [0.5, 0.6) is 0 Å². The Hall–Kier alpha value is -2.70. The first kappa shape index (κ1) is 19.6. The van der Waals surface area contributed by atoms with Gasteiger partial charge in [0.2, 0.25) is 5.69 Å². The Morgan fingerprint density at radius 3 is 2.31 bits per heavy atom. The van der Waals surface area contributed by atoms with Crippen molar-refractivity contribution in [2.24, 2.45) is 7.05 Å². The van der Waals surface area contributed by atoms with Crippen molar-refractivity contribution in [2.75, 3.05) is 0 Å². The lowest BCUT2D eigenvalue weighted by molar-refractivity contribution is -0.385. The van der Waals surface area contributed by atoms with Crippen molar-refractivity contribution in [1.82, 2.24) is 15.1 Å². The molecule has 0 radical (unpaired) electrons. The van der Waals surface area contributed by atoms with Crippen LogP contribution in [-0.4, -0.2) is 20.6 Å². The molecule has 1 N–H and O–H groups in total. The normalized spacial score (nSPS) is 13.3. The number of hydrogen-bond donors (Lipinski definition) is 1. The SMILES string of the molecule is CCC(C)c1ccc(C(CC)NC(=O)c2c([N+](=O)[O-])c(C)nn2C)cc1. The monoisotopic (exact) mass is 358 g/mol. The maximum Gasteiger partial charge on any atom is 0.322 e. The molecule has 2 rings (SSSR count). The predicted molar refractivity (Wildman–Crippen MR) is 100 cm³/mol. The number of carbonyl (C=O) groups excluding carboxylic acids is 1. The average Bonchev–Trinajstić information content (AvgIpc) is 2.93. The third-order valence-corrected chi connectivity index (χ3v) is 4.82. The highest BCUT2D eigenvalue weighted by Crippen LogP contribution is 2.25. The Kier molecular flexibility index (Phi) is 6.13. The molecule has 0 saturated heterocycles. The van der Waals surface area contributed by atoms with E-state index in [2.05, 4.69) is 36.4 Å². The summed E-state index contributed by atoms with van der Waals surface area (Å²) < 4.78 is 1.27. The highest BCUT2D eigenvalue weighted by molar-refractivity contribution is 5.97. The van der Waals surface area contributed by atoms with Crippen molar-refractivity contribution in [2.45, 2.75) is 52.5 Å². The van der Waals surface area contributed by atoms with Crippen LogP contribution in [-0.2, 0) is 7.05 Å². The number of aromatic nitrogens is 2. The zero-order valence-electron chi connectivity index (χ0n) is 15.9. The number of benzene rings is 1. The first-order valence-corrected chi connectivity index (χ1v) is 8.88. The minimum Gasteiger partial charge on any atom is -0.344 e. The first-order chi connectivity index (χ1) is 12.3. The van der Waals surface area contributed by atoms with Crippen LogP contribution in [0.1, 0.15) is 72.9 Å². The molecule has 7 heteroatoms. The number of nitro groups is 1. The number of carbonyl (C=O) groups is 1. The van der Waals surface area contributed by atoms with Gasteiger partial charge in [0.1, 0.15) is 5.69 Å². The standard InChI is InChI=1S/C19H26N4O3/c1-6-12(3)14-8-10-15(11-9-14)16(7-2)20-19(24)18-17(23(25)26)13(4)21-22(18)5/h8-12,16H,6-7H2,1-5H3,(H,20,24). The molecule has 0 aliphatic carbocycles. The summed E-state index contributed by atoms with van der Waals surface area (Å²) in [7, 11) is 1.54. The summed E-state index contributed by atoms with van der Waals surface area (Å²) in [5.74, 6) is -0.00330. The Bertz CT molecular complexity index is 796. The lowest BCUT2D eigenvalue weighted by atomic mass is 9.95. The number of hydrogen-bond acceptors (Lipinski definition) is 4. The molecule has 2 atom stereocenters. The van der Waals surface area contributed by atoms with Crippen LogP contribution < -0.4 is 5.32 Å². The molecule has 26 heavy (non-hydrogen) atoms. The molecule has 0 spiro atoms. The Balaban J connectivity index is 2.25. The van der Waals surface area contributed by atoms with E-state index in [1.807, 2.05) is 19.1 Å². The number of aryl methyl sites for hydroxylation is 2. The highest BCUT2D eigenvalue weighted by atomic mass is 16.6. The molecule has 2 unspecified atom stereocenters. The first-order valence-electron chi connectivity index (χ1n) is 8.88. The minimum atomic E-state index is -0.556. The largest absolute Gasteiger partial charge is 0.344 e. The third kappa shape index (κ3) is 3.92. The molecule has 2 aromatic rings. The van der Waals surface area contributed by atoms with E-state index in [0.29, 0.717) is 12.3 Å². The van der Waals surface area contributed by atoms with E-state index in [1.165, 1.54) is 24.2 Å². The number of rotatable bonds is 7. The lowest BCUT2D eigenvalue weighted by Crippen LogP contribution is -2.30. The fraction of sp³-hybridized carbons (Fsp3) is 0.474. The summed E-state index contributed by atoms with van der Waals surface area (Å²) in [4.78, 5) is 23.4. The predicted octanol–water partition coefficient (Wildman–Crippen LogP) is 4.03. The van der Waals surface area contributed by atoms with Gasteiger partial charge in [-0.05, 0) is 36.8 Å². The molecule has 0 saturated carbocycles. The van der Waals surface area contributed by atoms with Gasteiger partial charge in [0.15, 0.2) is 0 Å². The minimum absolute atomic E-state index is 0.0258. The molecule has 140 valence electrons. The summed E-state index contributed by atoms with van der Waals surface area (Å²) in [6.07, 6.45) is 1.75. The molecule has 1 amide bonds. The van der Waals surface area contributed by atoms with Gasteiger partial charge in [-0.15, -0.1) is 0 Å². The summed E-state index contributed by atoms with van der Waals surface area (Å²) in [6.45, 7) is 7.82. The lowest BCUT2D eigenvalue weighted by Gasteiger charge is -2.18. The van der Waals surface area contributed by atoms with Crippen molar-refractivity contribution >= 4 is 11.6 Å². The van der Waals surface area contributed by atoms with Gasteiger partial charge in [0, 0.05) is 7.05 Å². The Morgan fingerprint density at radius 2 is 1.81 bits per heavy atom. The molecular weight excluding hydrogens is 332 g/mol. The van der Waals surface area contributed by atoms with Gasteiger partial charge in [-0.1, -0.05) is 45.0 Å². The highest BCUT2D eigenvalue weighted by Gasteiger charge is 2.30. The van der Waals surface area contributed by atoms with Gasteiger partial charge >= 0.3 is 5.69 Å². The summed E-state index contributed by atoms with van der Waals surface area (Å²) in [6, 6.07) is 7.96. The van der Waals surface area contributed by atoms with Crippen LogP contribution >= 0.6 is 0 Å². The average molecular weight is 358 g/mol. The quantitative estimate of drug-likeness (QED) is 0.597. The molecule has 1 aromatic heterocycles. The second-order valence-electron chi connectivity index (χ2n) is 6.57. The van der Waals surface area contributed by atoms with E-state index < -0.39 is 10.8 Å². The van der Waals surface area contributed by atoms with Gasteiger partial charge < -0.3 is 5.32 Å². The zero-order chi connectivity index (χ0) is 19.4. The van der Waals surface area contributed by atoms with Crippen LogP contribution in [0.15, 0.2) is 24.3 Å². The van der Waals surface area contributed by atoms with E-state index in [4.69, 9.17) is 0 Å². The van der Waals surface area contributed by atoms with Crippen molar-refractivity contribution < 1.29 is 9.72 Å². The molecule has 1 aromatic carbocycles. The Labute approximate surface area is 153 Å². The van der Waals surface area contributed by atoms with Crippen LogP contribution in [0.2, 0.25) is 0 Å².